The molecule has 8 rings (SSSR count). The molecular formula is C40H38Cl2Zr2. The second-order valence-electron chi connectivity index (χ2n) is 11.7. The fourth-order valence-corrected chi connectivity index (χ4v) is 23.7. The molecule has 0 saturated carbocycles. The van der Waals surface area contributed by atoms with E-state index in [1.165, 1.54) is 30.5 Å². The van der Waals surface area contributed by atoms with Gasteiger partial charge in [-0.25, -0.2) is 0 Å². The van der Waals surface area contributed by atoms with Crippen LogP contribution in [0.1, 0.15) is 72.9 Å². The van der Waals surface area contributed by atoms with Gasteiger partial charge in [0.05, 0.1) is 0 Å². The molecule has 44 heavy (non-hydrogen) atoms. The summed E-state index contributed by atoms with van der Waals surface area (Å²) in [5.41, 5.74) is 12.2. The molecule has 4 aromatic rings. The Morgan fingerprint density at radius 2 is 0.614 bits per heavy atom. The minimum atomic E-state index is -1.63. The van der Waals surface area contributed by atoms with Crippen molar-refractivity contribution in [1.29, 1.82) is 0 Å². The Morgan fingerprint density at radius 1 is 0.386 bits per heavy atom. The van der Waals surface area contributed by atoms with Crippen molar-refractivity contribution >= 4 is 24.3 Å². The standard InChI is InChI=1S/4C9H7.2C2H5.2ClH.2Zr/c4*1-2-5-9-7-3-6-8(9)4-1;2*1-2;;;;/h4*1-7H;2*1H2,2H3;2*1H;;/q;;;;;;;;2*+1/p-2. The molecule has 0 fully saturated rings. The Labute approximate surface area is 292 Å². The smallest absolute Gasteiger partial charge is 1.00 e. The minimum absolute atomic E-state index is 0. The molecule has 4 aromatic carbocycles. The summed E-state index contributed by atoms with van der Waals surface area (Å²) in [5.74, 6) is 0. The quantitative estimate of drug-likeness (QED) is 0.254. The summed E-state index contributed by atoms with van der Waals surface area (Å²) in [6.07, 6.45) is 19.4. The molecule has 0 N–H and O–H groups in total. The first-order valence-corrected chi connectivity index (χ1v) is 24.7. The molecule has 4 heteroatoms. The summed E-state index contributed by atoms with van der Waals surface area (Å²) in [4.78, 5) is 0. The van der Waals surface area contributed by atoms with Crippen LogP contribution in [0.3, 0.4) is 0 Å². The number of allylic oxidation sites excluding steroid dienone is 4. The Hall–Kier alpha value is -1.81. The fourth-order valence-electron chi connectivity index (χ4n) is 7.56. The Balaban J connectivity index is 0.000000167. The van der Waals surface area contributed by atoms with E-state index in [1.807, 2.05) is 0 Å². The van der Waals surface area contributed by atoms with E-state index in [4.69, 9.17) is 0 Å². The van der Waals surface area contributed by atoms with Gasteiger partial charge in [0, 0.05) is 0 Å². The van der Waals surface area contributed by atoms with Crippen LogP contribution in [0.25, 0.3) is 24.3 Å². The zero-order valence-corrected chi connectivity index (χ0v) is 31.8. The summed E-state index contributed by atoms with van der Waals surface area (Å²) in [6.45, 7) is 4.83. The Kier molecular flexibility index (Phi) is 11.6. The number of rotatable bonds is 6. The third kappa shape index (κ3) is 6.40. The average molecular weight is 772 g/mol. The zero-order valence-electron chi connectivity index (χ0n) is 25.3. The van der Waals surface area contributed by atoms with E-state index in [9.17, 15) is 0 Å². The molecule has 0 aromatic heterocycles. The van der Waals surface area contributed by atoms with Crippen LogP contribution in [0.4, 0.5) is 0 Å². The summed E-state index contributed by atoms with van der Waals surface area (Å²) in [6, 6.07) is 35.9. The van der Waals surface area contributed by atoms with E-state index < -0.39 is 43.5 Å². The van der Waals surface area contributed by atoms with Crippen molar-refractivity contribution in [3.05, 3.63) is 166 Å². The molecular weight excluding hydrogens is 734 g/mol. The van der Waals surface area contributed by atoms with Crippen LogP contribution >= 0.6 is 0 Å². The number of halogens is 2. The molecule has 0 spiro atoms. The first-order chi connectivity index (χ1) is 20.8. The van der Waals surface area contributed by atoms with Crippen molar-refractivity contribution in [1.82, 2.24) is 0 Å². The number of hydrogen-bond acceptors (Lipinski definition) is 0. The largest absolute Gasteiger partial charge is 1.00 e. The van der Waals surface area contributed by atoms with Gasteiger partial charge in [0.2, 0.25) is 0 Å². The Bertz CT molecular complexity index is 1470. The maximum absolute atomic E-state index is 2.50. The predicted octanol–water partition coefficient (Wildman–Crippen LogP) is 5.17. The van der Waals surface area contributed by atoms with Gasteiger partial charge in [-0.05, 0) is 0 Å². The van der Waals surface area contributed by atoms with E-state index >= 15 is 0 Å². The van der Waals surface area contributed by atoms with Gasteiger partial charge in [-0.3, -0.25) is 0 Å². The first kappa shape index (κ1) is 33.5. The SMILES string of the molecule is C[CH2][Zr+]([CH]1C=Cc2ccccc21)[CH]1C=Cc2ccccc21.C[CH2][Zr+]([CH]1C=Cc2ccccc21)[CH]1C=Cc2ccccc21.[Cl-].[Cl-]. The van der Waals surface area contributed by atoms with Gasteiger partial charge in [-0.15, -0.1) is 0 Å². The summed E-state index contributed by atoms with van der Waals surface area (Å²) >= 11 is -3.27. The maximum atomic E-state index is 2.50. The summed E-state index contributed by atoms with van der Waals surface area (Å²) in [5, 5.41) is 0. The number of fused-ring (bicyclic) bond motifs is 4. The molecule has 220 valence electrons. The second kappa shape index (κ2) is 15.2. The predicted molar refractivity (Wildman–Crippen MR) is 174 cm³/mol. The van der Waals surface area contributed by atoms with E-state index in [0.717, 1.165) is 14.5 Å². The molecule has 4 atom stereocenters. The average Bonchev–Trinajstić information content (AvgIpc) is 3.85. The van der Waals surface area contributed by atoms with E-state index in [2.05, 4.69) is 160 Å². The van der Waals surface area contributed by atoms with Crippen LogP contribution in [-0.4, -0.2) is 0 Å². The molecule has 4 aliphatic rings. The molecule has 0 heterocycles. The molecule has 0 radical (unpaired) electrons. The van der Waals surface area contributed by atoms with Crippen molar-refractivity contribution < 1.29 is 68.3 Å². The van der Waals surface area contributed by atoms with Crippen LogP contribution in [-0.2, 0) is 43.5 Å². The topological polar surface area (TPSA) is 0 Å². The van der Waals surface area contributed by atoms with E-state index in [1.54, 1.807) is 22.3 Å². The normalized spacial score (nSPS) is 20.4. The summed E-state index contributed by atoms with van der Waals surface area (Å²) in [7, 11) is 0. The van der Waals surface area contributed by atoms with Crippen molar-refractivity contribution in [3.63, 3.8) is 0 Å². The van der Waals surface area contributed by atoms with Crippen LogP contribution < -0.4 is 24.8 Å². The number of hydrogen-bond donors (Lipinski definition) is 0. The summed E-state index contributed by atoms with van der Waals surface area (Å²) < 4.78 is 5.77. The van der Waals surface area contributed by atoms with Crippen LogP contribution in [0.2, 0.25) is 8.26 Å². The van der Waals surface area contributed by atoms with Gasteiger partial charge in [-0.2, -0.15) is 0 Å². The van der Waals surface area contributed by atoms with Crippen molar-refractivity contribution in [2.45, 2.75) is 36.6 Å². The molecule has 0 aliphatic heterocycles. The third-order valence-electron chi connectivity index (χ3n) is 9.61. The second-order valence-corrected chi connectivity index (χ2v) is 27.0. The molecule has 0 nitrogen and oxygen atoms in total. The molecule has 0 bridgehead atoms. The van der Waals surface area contributed by atoms with Gasteiger partial charge in [0.25, 0.3) is 0 Å². The van der Waals surface area contributed by atoms with Gasteiger partial charge >= 0.3 is 270 Å². The molecule has 4 unspecified atom stereocenters. The maximum Gasteiger partial charge on any atom is -1.00 e. The monoisotopic (exact) mass is 768 g/mol. The zero-order chi connectivity index (χ0) is 28.5. The Morgan fingerprint density at radius 3 is 0.841 bits per heavy atom. The molecule has 0 amide bonds. The van der Waals surface area contributed by atoms with Crippen LogP contribution in [0.5, 0.6) is 0 Å². The van der Waals surface area contributed by atoms with Crippen LogP contribution in [0.15, 0.2) is 121 Å². The minimum Gasteiger partial charge on any atom is -1.00 e. The third-order valence-corrected chi connectivity index (χ3v) is 26.4. The van der Waals surface area contributed by atoms with Crippen molar-refractivity contribution in [2.24, 2.45) is 0 Å². The number of benzene rings is 4. The van der Waals surface area contributed by atoms with Crippen LogP contribution in [0, 0.1) is 0 Å². The van der Waals surface area contributed by atoms with Gasteiger partial charge in [-0.1, -0.05) is 0 Å². The van der Waals surface area contributed by atoms with Gasteiger partial charge in [0.1, 0.15) is 0 Å². The first-order valence-electron chi connectivity index (χ1n) is 15.6. The fraction of sp³-hybridized carbons (Fsp3) is 0.200. The van der Waals surface area contributed by atoms with E-state index in [0.29, 0.717) is 0 Å². The van der Waals surface area contributed by atoms with Crippen molar-refractivity contribution in [3.8, 4) is 0 Å². The molecule has 4 aliphatic carbocycles. The van der Waals surface area contributed by atoms with E-state index in [-0.39, 0.29) is 24.8 Å². The van der Waals surface area contributed by atoms with Crippen molar-refractivity contribution in [2.75, 3.05) is 0 Å². The van der Waals surface area contributed by atoms with Gasteiger partial charge < -0.3 is 24.8 Å². The molecule has 0 saturated heterocycles. The van der Waals surface area contributed by atoms with Gasteiger partial charge in [0.15, 0.2) is 0 Å².